The standard InChI is InChI=1S/C19H22BrNO5/c1-5-8-26-18-14(20)9-12(10-17(18)25-4)19(22)21-13-6-7-15(23-2)16(11-13)24-3/h6-7,9-11H,5,8H2,1-4H3,(H,21,22). The third-order valence-corrected chi connectivity index (χ3v) is 4.17. The minimum atomic E-state index is -0.279. The summed E-state index contributed by atoms with van der Waals surface area (Å²) >= 11 is 3.44. The van der Waals surface area contributed by atoms with Crippen LogP contribution in [0, 0.1) is 0 Å². The fourth-order valence-corrected chi connectivity index (χ4v) is 2.87. The van der Waals surface area contributed by atoms with E-state index in [-0.39, 0.29) is 5.91 Å². The first-order chi connectivity index (χ1) is 12.5. The van der Waals surface area contributed by atoms with Gasteiger partial charge in [-0.1, -0.05) is 6.92 Å². The van der Waals surface area contributed by atoms with Crippen molar-refractivity contribution < 1.29 is 23.7 Å². The Hall–Kier alpha value is -2.41. The quantitative estimate of drug-likeness (QED) is 0.675. The van der Waals surface area contributed by atoms with Crippen molar-refractivity contribution in [2.24, 2.45) is 0 Å². The SMILES string of the molecule is CCCOc1c(Br)cc(C(=O)Nc2ccc(OC)c(OC)c2)cc1OC. The lowest BCUT2D eigenvalue weighted by atomic mass is 10.1. The molecule has 0 saturated carbocycles. The van der Waals surface area contributed by atoms with Crippen LogP contribution >= 0.6 is 15.9 Å². The Balaban J connectivity index is 2.25. The minimum Gasteiger partial charge on any atom is -0.493 e. The molecule has 1 amide bonds. The molecule has 0 fully saturated rings. The summed E-state index contributed by atoms with van der Waals surface area (Å²) in [6, 6.07) is 8.51. The zero-order chi connectivity index (χ0) is 19.1. The zero-order valence-electron chi connectivity index (χ0n) is 15.2. The Morgan fingerprint density at radius 2 is 1.69 bits per heavy atom. The second-order valence-corrected chi connectivity index (χ2v) is 6.22. The van der Waals surface area contributed by atoms with Crippen LogP contribution in [0.4, 0.5) is 5.69 Å². The van der Waals surface area contributed by atoms with E-state index in [1.54, 1.807) is 44.6 Å². The molecule has 2 aromatic rings. The number of benzene rings is 2. The number of amides is 1. The maximum atomic E-state index is 12.6. The van der Waals surface area contributed by atoms with Crippen LogP contribution in [0.15, 0.2) is 34.8 Å². The molecular formula is C19H22BrNO5. The first-order valence-corrected chi connectivity index (χ1v) is 8.87. The summed E-state index contributed by atoms with van der Waals surface area (Å²) in [6.07, 6.45) is 0.872. The van der Waals surface area contributed by atoms with Gasteiger partial charge in [0.1, 0.15) is 0 Å². The average molecular weight is 424 g/mol. The molecule has 0 aromatic heterocycles. The summed E-state index contributed by atoms with van der Waals surface area (Å²) in [5.41, 5.74) is 1.03. The van der Waals surface area contributed by atoms with Gasteiger partial charge in [-0.05, 0) is 46.6 Å². The van der Waals surface area contributed by atoms with Gasteiger partial charge in [0.2, 0.25) is 0 Å². The first kappa shape index (κ1) is 19.9. The summed E-state index contributed by atoms with van der Waals surface area (Å²) in [5, 5.41) is 2.83. The highest BCUT2D eigenvalue weighted by atomic mass is 79.9. The molecule has 2 rings (SSSR count). The molecule has 6 nitrogen and oxygen atoms in total. The lowest BCUT2D eigenvalue weighted by molar-refractivity contribution is 0.102. The van der Waals surface area contributed by atoms with Gasteiger partial charge in [0.05, 0.1) is 32.4 Å². The molecule has 0 spiro atoms. The van der Waals surface area contributed by atoms with Crippen molar-refractivity contribution in [1.29, 1.82) is 0 Å². The van der Waals surface area contributed by atoms with Crippen molar-refractivity contribution in [3.05, 3.63) is 40.4 Å². The maximum absolute atomic E-state index is 12.6. The summed E-state index contributed by atoms with van der Waals surface area (Å²) < 4.78 is 22.1. The molecule has 0 radical (unpaired) electrons. The molecule has 2 aromatic carbocycles. The Morgan fingerprint density at radius 1 is 1.00 bits per heavy atom. The zero-order valence-corrected chi connectivity index (χ0v) is 16.8. The van der Waals surface area contributed by atoms with Crippen LogP contribution < -0.4 is 24.3 Å². The van der Waals surface area contributed by atoms with Crippen LogP contribution in [0.2, 0.25) is 0 Å². The molecule has 1 N–H and O–H groups in total. The van der Waals surface area contributed by atoms with Crippen LogP contribution in [0.5, 0.6) is 23.0 Å². The van der Waals surface area contributed by atoms with Crippen molar-refractivity contribution in [3.63, 3.8) is 0 Å². The topological polar surface area (TPSA) is 66.0 Å². The van der Waals surface area contributed by atoms with Crippen LogP contribution in [-0.4, -0.2) is 33.8 Å². The molecule has 0 unspecified atom stereocenters. The van der Waals surface area contributed by atoms with E-state index in [0.717, 1.165) is 6.42 Å². The van der Waals surface area contributed by atoms with E-state index in [0.29, 0.717) is 45.3 Å². The number of ether oxygens (including phenoxy) is 4. The Bertz CT molecular complexity index is 779. The normalized spacial score (nSPS) is 10.2. The number of hydrogen-bond acceptors (Lipinski definition) is 5. The summed E-state index contributed by atoms with van der Waals surface area (Å²) in [5.74, 6) is 1.92. The van der Waals surface area contributed by atoms with Crippen molar-refractivity contribution in [2.45, 2.75) is 13.3 Å². The Kier molecular flexibility index (Phi) is 7.15. The molecule has 140 valence electrons. The van der Waals surface area contributed by atoms with E-state index < -0.39 is 0 Å². The number of anilines is 1. The molecule has 0 aliphatic rings. The van der Waals surface area contributed by atoms with E-state index in [1.165, 1.54) is 7.11 Å². The lowest BCUT2D eigenvalue weighted by Crippen LogP contribution is -2.12. The van der Waals surface area contributed by atoms with Gasteiger partial charge in [0.15, 0.2) is 23.0 Å². The minimum absolute atomic E-state index is 0.279. The molecule has 7 heteroatoms. The van der Waals surface area contributed by atoms with Gasteiger partial charge < -0.3 is 24.3 Å². The number of halogens is 1. The molecule has 0 atom stereocenters. The number of carbonyl (C=O) groups excluding carboxylic acids is 1. The lowest BCUT2D eigenvalue weighted by Gasteiger charge is -2.14. The molecule has 0 bridgehead atoms. The highest BCUT2D eigenvalue weighted by molar-refractivity contribution is 9.10. The molecule has 0 saturated heterocycles. The van der Waals surface area contributed by atoms with Crippen molar-refractivity contribution in [3.8, 4) is 23.0 Å². The second-order valence-electron chi connectivity index (χ2n) is 5.36. The third kappa shape index (κ3) is 4.60. The predicted octanol–water partition coefficient (Wildman–Crippen LogP) is 4.52. The highest BCUT2D eigenvalue weighted by Crippen LogP contribution is 2.37. The Labute approximate surface area is 161 Å². The van der Waals surface area contributed by atoms with E-state index in [1.807, 2.05) is 6.92 Å². The van der Waals surface area contributed by atoms with Gasteiger partial charge in [0.25, 0.3) is 5.91 Å². The van der Waals surface area contributed by atoms with E-state index in [9.17, 15) is 4.79 Å². The van der Waals surface area contributed by atoms with Crippen LogP contribution in [-0.2, 0) is 0 Å². The number of carbonyl (C=O) groups is 1. The number of hydrogen-bond donors (Lipinski definition) is 1. The molecule has 0 aliphatic carbocycles. The van der Waals surface area contributed by atoms with Crippen LogP contribution in [0.1, 0.15) is 23.7 Å². The fraction of sp³-hybridized carbons (Fsp3) is 0.316. The van der Waals surface area contributed by atoms with Gasteiger partial charge in [-0.2, -0.15) is 0 Å². The van der Waals surface area contributed by atoms with Crippen LogP contribution in [0.25, 0.3) is 0 Å². The highest BCUT2D eigenvalue weighted by Gasteiger charge is 2.16. The number of rotatable bonds is 8. The average Bonchev–Trinajstić information content (AvgIpc) is 2.66. The monoisotopic (exact) mass is 423 g/mol. The van der Waals surface area contributed by atoms with E-state index >= 15 is 0 Å². The summed E-state index contributed by atoms with van der Waals surface area (Å²) in [4.78, 5) is 12.6. The van der Waals surface area contributed by atoms with Crippen LogP contribution in [0.3, 0.4) is 0 Å². The molecular weight excluding hydrogens is 402 g/mol. The largest absolute Gasteiger partial charge is 0.493 e. The van der Waals surface area contributed by atoms with Crippen molar-refractivity contribution >= 4 is 27.5 Å². The van der Waals surface area contributed by atoms with E-state index in [2.05, 4.69) is 21.2 Å². The van der Waals surface area contributed by atoms with Crippen molar-refractivity contribution in [2.75, 3.05) is 33.3 Å². The number of methoxy groups -OCH3 is 3. The van der Waals surface area contributed by atoms with E-state index in [4.69, 9.17) is 18.9 Å². The summed E-state index contributed by atoms with van der Waals surface area (Å²) in [7, 11) is 4.64. The Morgan fingerprint density at radius 3 is 2.31 bits per heavy atom. The first-order valence-electron chi connectivity index (χ1n) is 8.07. The molecule has 0 aliphatic heterocycles. The summed E-state index contributed by atoms with van der Waals surface area (Å²) in [6.45, 7) is 2.58. The van der Waals surface area contributed by atoms with Gasteiger partial charge in [-0.3, -0.25) is 4.79 Å². The molecule has 0 heterocycles. The van der Waals surface area contributed by atoms with Gasteiger partial charge in [-0.15, -0.1) is 0 Å². The third-order valence-electron chi connectivity index (χ3n) is 3.58. The molecule has 26 heavy (non-hydrogen) atoms. The maximum Gasteiger partial charge on any atom is 0.255 e. The van der Waals surface area contributed by atoms with Gasteiger partial charge in [-0.25, -0.2) is 0 Å². The second kappa shape index (κ2) is 9.33. The van der Waals surface area contributed by atoms with Crippen molar-refractivity contribution in [1.82, 2.24) is 0 Å². The number of nitrogens with one attached hydrogen (secondary N) is 1. The fourth-order valence-electron chi connectivity index (χ4n) is 2.31. The predicted molar refractivity (Wildman–Crippen MR) is 104 cm³/mol. The van der Waals surface area contributed by atoms with Gasteiger partial charge in [0, 0.05) is 17.3 Å². The smallest absolute Gasteiger partial charge is 0.255 e. The van der Waals surface area contributed by atoms with Gasteiger partial charge >= 0.3 is 0 Å².